The normalized spacial score (nSPS) is 10.6. The molecule has 2 N–H and O–H groups in total. The van der Waals surface area contributed by atoms with E-state index >= 15 is 0 Å². The zero-order valence-electron chi connectivity index (χ0n) is 12.2. The lowest BCUT2D eigenvalue weighted by molar-refractivity contribution is -0.384. The minimum Gasteiger partial charge on any atom is -0.375 e. The number of nitrogens with one attached hydrogen (secondary N) is 2. The Morgan fingerprint density at radius 2 is 1.96 bits per heavy atom. The van der Waals surface area contributed by atoms with Crippen LogP contribution in [0.25, 0.3) is 0 Å². The monoisotopic (exact) mass is 366 g/mol. The SMILES string of the molecule is O=C(CNc1ccccc1Cl)NN=Cc1ccc(Cl)c([N+](=O)[O-])c1. The van der Waals surface area contributed by atoms with E-state index in [0.29, 0.717) is 16.3 Å². The Labute approximate surface area is 147 Å². The molecule has 0 atom stereocenters. The highest BCUT2D eigenvalue weighted by Gasteiger charge is 2.11. The maximum absolute atomic E-state index is 11.7. The van der Waals surface area contributed by atoms with E-state index < -0.39 is 10.8 Å². The van der Waals surface area contributed by atoms with Crippen LogP contribution in [-0.4, -0.2) is 23.6 Å². The largest absolute Gasteiger partial charge is 0.375 e. The number of hydrogen-bond acceptors (Lipinski definition) is 5. The van der Waals surface area contributed by atoms with Crippen LogP contribution in [-0.2, 0) is 4.79 Å². The Hall–Kier alpha value is -2.64. The van der Waals surface area contributed by atoms with Crippen molar-refractivity contribution in [3.05, 3.63) is 68.2 Å². The van der Waals surface area contributed by atoms with Gasteiger partial charge in [0.25, 0.3) is 11.6 Å². The average Bonchev–Trinajstić information content (AvgIpc) is 2.55. The molecule has 7 nitrogen and oxygen atoms in total. The fraction of sp³-hybridized carbons (Fsp3) is 0.0667. The van der Waals surface area contributed by atoms with E-state index in [1.54, 1.807) is 30.3 Å². The van der Waals surface area contributed by atoms with Crippen molar-refractivity contribution in [1.82, 2.24) is 5.43 Å². The lowest BCUT2D eigenvalue weighted by Crippen LogP contribution is -2.25. The second-order valence-electron chi connectivity index (χ2n) is 4.59. The zero-order valence-corrected chi connectivity index (χ0v) is 13.7. The summed E-state index contributed by atoms with van der Waals surface area (Å²) >= 11 is 11.7. The van der Waals surface area contributed by atoms with E-state index in [2.05, 4.69) is 15.8 Å². The highest BCUT2D eigenvalue weighted by molar-refractivity contribution is 6.33. The van der Waals surface area contributed by atoms with Gasteiger partial charge in [0.15, 0.2) is 0 Å². The molecule has 0 saturated heterocycles. The molecule has 0 aliphatic rings. The molecule has 2 aromatic rings. The molecule has 0 unspecified atom stereocenters. The average molecular weight is 367 g/mol. The van der Waals surface area contributed by atoms with Gasteiger partial charge in [-0.1, -0.05) is 41.4 Å². The van der Waals surface area contributed by atoms with Gasteiger partial charge in [-0.25, -0.2) is 5.43 Å². The lowest BCUT2D eigenvalue weighted by atomic mass is 10.2. The molecule has 0 aliphatic heterocycles. The minimum atomic E-state index is -0.591. The Morgan fingerprint density at radius 3 is 2.67 bits per heavy atom. The summed E-state index contributed by atoms with van der Waals surface area (Å²) in [6, 6.07) is 11.2. The Kier molecular flexibility index (Phi) is 6.11. The molecule has 0 aromatic heterocycles. The van der Waals surface area contributed by atoms with Crippen LogP contribution in [0, 0.1) is 10.1 Å². The van der Waals surface area contributed by atoms with Crippen LogP contribution in [0.3, 0.4) is 0 Å². The van der Waals surface area contributed by atoms with Crippen LogP contribution in [0.1, 0.15) is 5.56 Å². The third-order valence-electron chi connectivity index (χ3n) is 2.88. The number of rotatable bonds is 6. The molecular weight excluding hydrogens is 355 g/mol. The quantitative estimate of drug-likeness (QED) is 0.464. The van der Waals surface area contributed by atoms with E-state index in [-0.39, 0.29) is 17.3 Å². The molecule has 1 amide bonds. The van der Waals surface area contributed by atoms with Crippen molar-refractivity contribution in [1.29, 1.82) is 0 Å². The van der Waals surface area contributed by atoms with E-state index in [0.717, 1.165) is 0 Å². The first kappa shape index (κ1) is 17.7. The summed E-state index contributed by atoms with van der Waals surface area (Å²) in [5.41, 5.74) is 3.14. The Balaban J connectivity index is 1.90. The molecule has 0 heterocycles. The summed E-state index contributed by atoms with van der Waals surface area (Å²) in [5, 5.41) is 17.9. The first-order valence-electron chi connectivity index (χ1n) is 6.71. The van der Waals surface area contributed by atoms with E-state index in [1.807, 2.05) is 0 Å². The summed E-state index contributed by atoms with van der Waals surface area (Å²) in [5.74, 6) is -0.394. The molecule has 2 aromatic carbocycles. The number of carbonyl (C=O) groups is 1. The molecule has 0 saturated carbocycles. The molecular formula is C15H12Cl2N4O3. The number of anilines is 1. The number of hydrazone groups is 1. The van der Waals surface area contributed by atoms with Gasteiger partial charge in [0.2, 0.25) is 0 Å². The van der Waals surface area contributed by atoms with Gasteiger partial charge in [-0.3, -0.25) is 14.9 Å². The van der Waals surface area contributed by atoms with Crippen molar-refractivity contribution >= 4 is 46.7 Å². The molecule has 0 aliphatic carbocycles. The molecule has 9 heteroatoms. The highest BCUT2D eigenvalue weighted by Crippen LogP contribution is 2.24. The summed E-state index contributed by atoms with van der Waals surface area (Å²) in [4.78, 5) is 21.9. The molecule has 24 heavy (non-hydrogen) atoms. The van der Waals surface area contributed by atoms with Gasteiger partial charge in [-0.05, 0) is 18.2 Å². The summed E-state index contributed by atoms with van der Waals surface area (Å²) in [6.45, 7) is -0.0260. The molecule has 0 spiro atoms. The molecule has 0 radical (unpaired) electrons. The molecule has 2 rings (SSSR count). The van der Waals surface area contributed by atoms with Crippen LogP contribution < -0.4 is 10.7 Å². The maximum atomic E-state index is 11.7. The zero-order chi connectivity index (χ0) is 17.5. The van der Waals surface area contributed by atoms with E-state index in [4.69, 9.17) is 23.2 Å². The number of hydrogen-bond donors (Lipinski definition) is 2. The molecule has 124 valence electrons. The number of nitro benzene ring substituents is 1. The number of nitro groups is 1. The number of benzene rings is 2. The fourth-order valence-corrected chi connectivity index (χ4v) is 2.14. The third kappa shape index (κ3) is 4.94. The van der Waals surface area contributed by atoms with Crippen LogP contribution in [0.15, 0.2) is 47.6 Å². The lowest BCUT2D eigenvalue weighted by Gasteiger charge is -2.06. The summed E-state index contributed by atoms with van der Waals surface area (Å²) in [7, 11) is 0. The highest BCUT2D eigenvalue weighted by atomic mass is 35.5. The standard InChI is InChI=1S/C15H12Cl2N4O3/c16-11-3-1-2-4-13(11)18-9-15(22)20-19-8-10-5-6-12(17)14(7-10)21(23)24/h1-8,18H,9H2,(H,20,22). The Morgan fingerprint density at radius 1 is 1.21 bits per heavy atom. The number of halogens is 2. The first-order valence-corrected chi connectivity index (χ1v) is 7.47. The maximum Gasteiger partial charge on any atom is 0.288 e. The van der Waals surface area contributed by atoms with Gasteiger partial charge in [0, 0.05) is 11.6 Å². The van der Waals surface area contributed by atoms with Gasteiger partial charge in [-0.2, -0.15) is 5.10 Å². The van der Waals surface area contributed by atoms with Crippen molar-refractivity contribution in [2.24, 2.45) is 5.10 Å². The van der Waals surface area contributed by atoms with Gasteiger partial charge in [-0.15, -0.1) is 0 Å². The van der Waals surface area contributed by atoms with Crippen LogP contribution in [0.4, 0.5) is 11.4 Å². The smallest absolute Gasteiger partial charge is 0.288 e. The summed E-state index contributed by atoms with van der Waals surface area (Å²) < 4.78 is 0. The minimum absolute atomic E-state index is 0.0260. The third-order valence-corrected chi connectivity index (χ3v) is 3.53. The fourth-order valence-electron chi connectivity index (χ4n) is 1.75. The van der Waals surface area contributed by atoms with Gasteiger partial charge in [0.05, 0.1) is 28.4 Å². The van der Waals surface area contributed by atoms with E-state index in [9.17, 15) is 14.9 Å². The van der Waals surface area contributed by atoms with Crippen molar-refractivity contribution in [3.8, 4) is 0 Å². The second-order valence-corrected chi connectivity index (χ2v) is 5.41. The van der Waals surface area contributed by atoms with Crippen molar-refractivity contribution in [3.63, 3.8) is 0 Å². The topological polar surface area (TPSA) is 96.6 Å². The van der Waals surface area contributed by atoms with E-state index in [1.165, 1.54) is 18.3 Å². The Bertz CT molecular complexity index is 796. The summed E-state index contributed by atoms with van der Waals surface area (Å²) in [6.07, 6.45) is 1.29. The molecule has 0 bridgehead atoms. The van der Waals surface area contributed by atoms with Gasteiger partial charge >= 0.3 is 0 Å². The number of carbonyl (C=O) groups excluding carboxylic acids is 1. The number of nitrogens with zero attached hydrogens (tertiary/aromatic N) is 2. The molecule has 0 fully saturated rings. The van der Waals surface area contributed by atoms with Crippen molar-refractivity contribution < 1.29 is 9.72 Å². The van der Waals surface area contributed by atoms with Gasteiger partial charge < -0.3 is 5.32 Å². The van der Waals surface area contributed by atoms with Crippen LogP contribution >= 0.6 is 23.2 Å². The van der Waals surface area contributed by atoms with Crippen LogP contribution in [0.2, 0.25) is 10.0 Å². The second kappa shape index (κ2) is 8.28. The van der Waals surface area contributed by atoms with Crippen molar-refractivity contribution in [2.45, 2.75) is 0 Å². The van der Waals surface area contributed by atoms with Gasteiger partial charge in [0.1, 0.15) is 5.02 Å². The first-order chi connectivity index (χ1) is 11.5. The predicted molar refractivity (Wildman–Crippen MR) is 93.8 cm³/mol. The number of amides is 1. The van der Waals surface area contributed by atoms with Crippen LogP contribution in [0.5, 0.6) is 0 Å². The van der Waals surface area contributed by atoms with Crippen molar-refractivity contribution in [2.75, 3.05) is 11.9 Å². The number of para-hydroxylation sites is 1. The predicted octanol–water partition coefficient (Wildman–Crippen LogP) is 3.46.